The van der Waals surface area contributed by atoms with Crippen molar-refractivity contribution >= 4 is 11.7 Å². The molecule has 0 fully saturated rings. The Morgan fingerprint density at radius 3 is 2.70 bits per heavy atom. The summed E-state index contributed by atoms with van der Waals surface area (Å²) in [6.45, 7) is 1.17. The molecule has 3 rings (SSSR count). The summed E-state index contributed by atoms with van der Waals surface area (Å²) in [5.74, 6) is 1.36. The number of hydrogen-bond donors (Lipinski definition) is 2. The van der Waals surface area contributed by atoms with Gasteiger partial charge in [-0.2, -0.15) is 0 Å². The lowest BCUT2D eigenvalue weighted by atomic mass is 10.1. The fourth-order valence-electron chi connectivity index (χ4n) is 2.61. The van der Waals surface area contributed by atoms with Crippen LogP contribution in [0.1, 0.15) is 21.5 Å². The van der Waals surface area contributed by atoms with E-state index in [2.05, 4.69) is 20.6 Å². The van der Waals surface area contributed by atoms with Crippen LogP contribution in [0.5, 0.6) is 5.75 Å². The second-order valence-corrected chi connectivity index (χ2v) is 6.00. The number of rotatable bonds is 8. The van der Waals surface area contributed by atoms with Gasteiger partial charge in [-0.25, -0.2) is 4.98 Å². The van der Waals surface area contributed by atoms with Crippen molar-refractivity contribution in [1.82, 2.24) is 15.3 Å². The Hall–Kier alpha value is -3.41. The lowest BCUT2D eigenvalue weighted by Crippen LogP contribution is -2.25. The molecule has 0 atom stereocenters. The maximum atomic E-state index is 12.4. The van der Waals surface area contributed by atoms with Crippen molar-refractivity contribution in [2.24, 2.45) is 0 Å². The standard InChI is InChI=1S/C21H22N4O2/c1-27-19-4-2-3-16(13-19)7-11-24-21(26)18-8-12-23-20(14-18)25-15-17-5-9-22-10-6-17/h2-6,8-10,12-14H,7,11,15H2,1H3,(H,23,25)(H,24,26). The quantitative estimate of drug-likeness (QED) is 0.644. The molecule has 0 radical (unpaired) electrons. The van der Waals surface area contributed by atoms with Crippen molar-refractivity contribution in [2.75, 3.05) is 19.0 Å². The predicted octanol–water partition coefficient (Wildman–Crippen LogP) is 3.07. The van der Waals surface area contributed by atoms with Gasteiger partial charge in [0.2, 0.25) is 0 Å². The first kappa shape index (κ1) is 18.4. The number of carbonyl (C=O) groups excluding carboxylic acids is 1. The normalized spacial score (nSPS) is 10.3. The zero-order chi connectivity index (χ0) is 18.9. The number of hydrogen-bond acceptors (Lipinski definition) is 5. The zero-order valence-corrected chi connectivity index (χ0v) is 15.2. The number of benzene rings is 1. The monoisotopic (exact) mass is 362 g/mol. The van der Waals surface area contributed by atoms with Gasteiger partial charge < -0.3 is 15.4 Å². The van der Waals surface area contributed by atoms with E-state index in [0.29, 0.717) is 24.5 Å². The fraction of sp³-hybridized carbons (Fsp3) is 0.190. The number of methoxy groups -OCH3 is 1. The van der Waals surface area contributed by atoms with Gasteiger partial charge in [0.05, 0.1) is 7.11 Å². The van der Waals surface area contributed by atoms with Crippen molar-refractivity contribution in [3.05, 3.63) is 83.8 Å². The van der Waals surface area contributed by atoms with E-state index in [-0.39, 0.29) is 5.91 Å². The Bertz CT molecular complexity index is 884. The van der Waals surface area contributed by atoms with E-state index in [1.54, 1.807) is 37.8 Å². The third kappa shape index (κ3) is 5.54. The molecule has 0 unspecified atom stereocenters. The first-order chi connectivity index (χ1) is 13.2. The third-order valence-corrected chi connectivity index (χ3v) is 4.08. The van der Waals surface area contributed by atoms with E-state index in [4.69, 9.17) is 4.74 Å². The smallest absolute Gasteiger partial charge is 0.251 e. The number of nitrogens with zero attached hydrogens (tertiary/aromatic N) is 2. The summed E-state index contributed by atoms with van der Waals surface area (Å²) in [7, 11) is 1.64. The maximum Gasteiger partial charge on any atom is 0.251 e. The third-order valence-electron chi connectivity index (χ3n) is 4.08. The number of carbonyl (C=O) groups is 1. The molecule has 0 saturated heterocycles. The number of aromatic nitrogens is 2. The predicted molar refractivity (Wildman–Crippen MR) is 105 cm³/mol. The largest absolute Gasteiger partial charge is 0.497 e. The van der Waals surface area contributed by atoms with Crippen molar-refractivity contribution in [3.8, 4) is 5.75 Å². The van der Waals surface area contributed by atoms with Crippen LogP contribution in [-0.2, 0) is 13.0 Å². The molecule has 0 aliphatic rings. The fourth-order valence-corrected chi connectivity index (χ4v) is 2.61. The molecule has 138 valence electrons. The Labute approximate surface area is 158 Å². The lowest BCUT2D eigenvalue weighted by molar-refractivity contribution is 0.0954. The minimum atomic E-state index is -0.118. The zero-order valence-electron chi connectivity index (χ0n) is 15.2. The highest BCUT2D eigenvalue weighted by Gasteiger charge is 2.07. The van der Waals surface area contributed by atoms with Crippen LogP contribution in [0.2, 0.25) is 0 Å². The lowest BCUT2D eigenvalue weighted by Gasteiger charge is -2.09. The van der Waals surface area contributed by atoms with Crippen LogP contribution >= 0.6 is 0 Å². The van der Waals surface area contributed by atoms with Crippen molar-refractivity contribution in [1.29, 1.82) is 0 Å². The van der Waals surface area contributed by atoms with Crippen LogP contribution in [0.25, 0.3) is 0 Å². The average Bonchev–Trinajstić information content (AvgIpc) is 2.73. The van der Waals surface area contributed by atoms with Gasteiger partial charge in [-0.05, 0) is 53.9 Å². The molecule has 0 aliphatic heterocycles. The average molecular weight is 362 g/mol. The highest BCUT2D eigenvalue weighted by atomic mass is 16.5. The minimum absolute atomic E-state index is 0.118. The highest BCUT2D eigenvalue weighted by molar-refractivity contribution is 5.94. The summed E-state index contributed by atoms with van der Waals surface area (Å²) in [5.41, 5.74) is 2.79. The van der Waals surface area contributed by atoms with Crippen LogP contribution in [-0.4, -0.2) is 29.5 Å². The SMILES string of the molecule is COc1cccc(CCNC(=O)c2ccnc(NCc3ccncc3)c2)c1. The number of ether oxygens (including phenoxy) is 1. The number of amides is 1. The Morgan fingerprint density at radius 1 is 1.04 bits per heavy atom. The van der Waals surface area contributed by atoms with Crippen LogP contribution in [0.4, 0.5) is 5.82 Å². The van der Waals surface area contributed by atoms with Gasteiger partial charge in [-0.15, -0.1) is 0 Å². The van der Waals surface area contributed by atoms with Gasteiger partial charge >= 0.3 is 0 Å². The highest BCUT2D eigenvalue weighted by Crippen LogP contribution is 2.13. The van der Waals surface area contributed by atoms with E-state index in [1.807, 2.05) is 36.4 Å². The van der Waals surface area contributed by atoms with E-state index in [0.717, 1.165) is 23.3 Å². The van der Waals surface area contributed by atoms with Crippen LogP contribution in [0.3, 0.4) is 0 Å². The molecule has 0 aliphatic carbocycles. The van der Waals surface area contributed by atoms with E-state index < -0.39 is 0 Å². The van der Waals surface area contributed by atoms with Crippen molar-refractivity contribution in [2.45, 2.75) is 13.0 Å². The molecule has 2 aromatic heterocycles. The second kappa shape index (κ2) is 9.33. The van der Waals surface area contributed by atoms with Crippen molar-refractivity contribution in [3.63, 3.8) is 0 Å². The van der Waals surface area contributed by atoms with Gasteiger partial charge in [0.1, 0.15) is 11.6 Å². The number of nitrogens with one attached hydrogen (secondary N) is 2. The molecular weight excluding hydrogens is 340 g/mol. The minimum Gasteiger partial charge on any atom is -0.497 e. The molecule has 27 heavy (non-hydrogen) atoms. The first-order valence-corrected chi connectivity index (χ1v) is 8.74. The summed E-state index contributed by atoms with van der Waals surface area (Å²) in [5, 5.41) is 6.16. The molecule has 0 bridgehead atoms. The summed E-state index contributed by atoms with van der Waals surface area (Å²) < 4.78 is 5.21. The van der Waals surface area contributed by atoms with E-state index in [9.17, 15) is 4.79 Å². The maximum absolute atomic E-state index is 12.4. The van der Waals surface area contributed by atoms with Crippen LogP contribution in [0, 0.1) is 0 Å². The van der Waals surface area contributed by atoms with Crippen molar-refractivity contribution < 1.29 is 9.53 Å². The molecule has 2 heterocycles. The van der Waals surface area contributed by atoms with Crippen LogP contribution < -0.4 is 15.4 Å². The Kier molecular flexibility index (Phi) is 6.35. The Morgan fingerprint density at radius 2 is 1.89 bits per heavy atom. The van der Waals surface area contributed by atoms with E-state index >= 15 is 0 Å². The van der Waals surface area contributed by atoms with E-state index in [1.165, 1.54) is 0 Å². The summed E-state index contributed by atoms with van der Waals surface area (Å²) in [4.78, 5) is 20.6. The Balaban J connectivity index is 1.52. The van der Waals surface area contributed by atoms with Gasteiger partial charge in [0.15, 0.2) is 0 Å². The summed E-state index contributed by atoms with van der Waals surface area (Å²) in [6.07, 6.45) is 5.86. The van der Waals surface area contributed by atoms with Gasteiger partial charge in [0, 0.05) is 37.2 Å². The number of pyridine rings is 2. The number of anilines is 1. The second-order valence-electron chi connectivity index (χ2n) is 6.00. The molecule has 6 nitrogen and oxygen atoms in total. The molecule has 1 amide bonds. The molecule has 3 aromatic rings. The topological polar surface area (TPSA) is 76.1 Å². The van der Waals surface area contributed by atoms with Gasteiger partial charge in [0.25, 0.3) is 5.91 Å². The molecule has 0 saturated carbocycles. The molecule has 0 spiro atoms. The summed E-state index contributed by atoms with van der Waals surface area (Å²) >= 11 is 0. The molecule has 2 N–H and O–H groups in total. The summed E-state index contributed by atoms with van der Waals surface area (Å²) in [6, 6.07) is 15.2. The van der Waals surface area contributed by atoms with Gasteiger partial charge in [-0.1, -0.05) is 12.1 Å². The molecule has 6 heteroatoms. The first-order valence-electron chi connectivity index (χ1n) is 8.74. The van der Waals surface area contributed by atoms with Gasteiger partial charge in [-0.3, -0.25) is 9.78 Å². The van der Waals surface area contributed by atoms with Crippen LogP contribution in [0.15, 0.2) is 67.1 Å². The molecule has 1 aromatic carbocycles. The molecular formula is C21H22N4O2.